The lowest BCUT2D eigenvalue weighted by Crippen LogP contribution is -2.56. The van der Waals surface area contributed by atoms with Gasteiger partial charge in [0.25, 0.3) is 0 Å². The van der Waals surface area contributed by atoms with Crippen LogP contribution in [0.1, 0.15) is 65.7 Å². The fourth-order valence-corrected chi connectivity index (χ4v) is 7.55. The third kappa shape index (κ3) is 3.60. The van der Waals surface area contributed by atoms with E-state index < -0.39 is 0 Å². The molecule has 0 aromatic carbocycles. The van der Waals surface area contributed by atoms with E-state index in [0.717, 1.165) is 50.6 Å². The second-order valence-corrected chi connectivity index (χ2v) is 10.6. The monoisotopic (exact) mass is 418 g/mol. The van der Waals surface area contributed by atoms with Gasteiger partial charge in [-0.25, -0.2) is 0 Å². The van der Waals surface area contributed by atoms with Crippen molar-refractivity contribution in [2.75, 3.05) is 19.8 Å². The van der Waals surface area contributed by atoms with Crippen molar-refractivity contribution in [3.63, 3.8) is 0 Å². The minimum atomic E-state index is -0.215. The zero-order valence-electron chi connectivity index (χ0n) is 18.7. The number of nitrogens with two attached hydrogens (primary N) is 1. The SMILES string of the molecule is CC(=O)OC[C@H]1C[C@@H]2[C@H](CC[C@]3(C)C(=O)CC[C@@H]23)[C@@]2(C)CCC(NOCCN)=CC12. The molecule has 3 fully saturated rings. The number of carbonyl (C=O) groups is 2. The summed E-state index contributed by atoms with van der Waals surface area (Å²) in [6.07, 6.45) is 9.38. The van der Waals surface area contributed by atoms with E-state index in [1.54, 1.807) is 0 Å². The highest BCUT2D eigenvalue weighted by Gasteiger charge is 2.61. The highest BCUT2D eigenvalue weighted by atomic mass is 16.6. The van der Waals surface area contributed by atoms with Gasteiger partial charge < -0.3 is 10.5 Å². The molecule has 6 heteroatoms. The maximum absolute atomic E-state index is 12.7. The molecule has 4 rings (SSSR count). The molecule has 0 saturated heterocycles. The van der Waals surface area contributed by atoms with Crippen molar-refractivity contribution in [1.82, 2.24) is 5.48 Å². The van der Waals surface area contributed by atoms with Gasteiger partial charge in [-0.1, -0.05) is 19.9 Å². The Morgan fingerprint density at radius 1 is 1.23 bits per heavy atom. The predicted molar refractivity (Wildman–Crippen MR) is 114 cm³/mol. The molecule has 3 saturated carbocycles. The van der Waals surface area contributed by atoms with Crippen molar-refractivity contribution in [3.8, 4) is 0 Å². The van der Waals surface area contributed by atoms with E-state index in [-0.39, 0.29) is 22.7 Å². The molecule has 0 heterocycles. The van der Waals surface area contributed by atoms with Gasteiger partial charge in [-0.3, -0.25) is 19.9 Å². The molecular weight excluding hydrogens is 380 g/mol. The summed E-state index contributed by atoms with van der Waals surface area (Å²) in [5.74, 6) is 2.55. The van der Waals surface area contributed by atoms with Gasteiger partial charge in [0.05, 0.1) is 13.2 Å². The van der Waals surface area contributed by atoms with Crippen molar-refractivity contribution in [3.05, 3.63) is 11.8 Å². The van der Waals surface area contributed by atoms with E-state index in [1.165, 1.54) is 6.92 Å². The minimum absolute atomic E-state index is 0.135. The van der Waals surface area contributed by atoms with Gasteiger partial charge in [0.15, 0.2) is 0 Å². The predicted octanol–water partition coefficient (Wildman–Crippen LogP) is 3.36. The van der Waals surface area contributed by atoms with Crippen LogP contribution in [-0.4, -0.2) is 31.5 Å². The lowest BCUT2D eigenvalue weighted by Gasteiger charge is -2.60. The van der Waals surface area contributed by atoms with Crippen LogP contribution in [0, 0.1) is 40.4 Å². The fraction of sp³-hybridized carbons (Fsp3) is 0.833. The molecule has 0 aromatic heterocycles. The number of hydrogen-bond acceptors (Lipinski definition) is 6. The molecule has 0 bridgehead atoms. The van der Waals surface area contributed by atoms with Crippen LogP contribution in [-0.2, 0) is 19.2 Å². The topological polar surface area (TPSA) is 90.7 Å². The summed E-state index contributed by atoms with van der Waals surface area (Å²) in [6.45, 7) is 7.58. The number of carbonyl (C=O) groups excluding carboxylic acids is 2. The van der Waals surface area contributed by atoms with Crippen molar-refractivity contribution in [2.45, 2.75) is 65.7 Å². The summed E-state index contributed by atoms with van der Waals surface area (Å²) in [7, 11) is 0. The van der Waals surface area contributed by atoms with Gasteiger partial charge in [0, 0.05) is 36.9 Å². The van der Waals surface area contributed by atoms with Crippen molar-refractivity contribution < 1.29 is 19.2 Å². The van der Waals surface area contributed by atoms with Gasteiger partial charge in [-0.2, -0.15) is 0 Å². The molecule has 0 aliphatic heterocycles. The third-order valence-corrected chi connectivity index (χ3v) is 9.08. The number of fused-ring (bicyclic) bond motifs is 5. The van der Waals surface area contributed by atoms with E-state index in [9.17, 15) is 9.59 Å². The summed E-state index contributed by atoms with van der Waals surface area (Å²) in [6, 6.07) is 0. The first-order chi connectivity index (χ1) is 14.3. The van der Waals surface area contributed by atoms with Crippen LogP contribution in [0.2, 0.25) is 0 Å². The van der Waals surface area contributed by atoms with E-state index in [2.05, 4.69) is 25.4 Å². The van der Waals surface area contributed by atoms with Gasteiger partial charge in [0.1, 0.15) is 5.78 Å². The number of esters is 1. The summed E-state index contributed by atoms with van der Waals surface area (Å²) >= 11 is 0. The van der Waals surface area contributed by atoms with Crippen molar-refractivity contribution in [1.29, 1.82) is 0 Å². The minimum Gasteiger partial charge on any atom is -0.466 e. The molecule has 4 aliphatic rings. The van der Waals surface area contributed by atoms with Crippen molar-refractivity contribution >= 4 is 11.8 Å². The van der Waals surface area contributed by atoms with Gasteiger partial charge in [0.2, 0.25) is 0 Å². The average molecular weight is 419 g/mol. The Hall–Kier alpha value is -1.40. The molecule has 0 radical (unpaired) electrons. The van der Waals surface area contributed by atoms with Crippen LogP contribution < -0.4 is 11.2 Å². The molecule has 0 amide bonds. The Labute approximate surface area is 180 Å². The number of hydroxylamine groups is 1. The van der Waals surface area contributed by atoms with Crippen LogP contribution in [0.5, 0.6) is 0 Å². The molecule has 168 valence electrons. The number of ketones is 1. The van der Waals surface area contributed by atoms with Crippen LogP contribution in [0.25, 0.3) is 0 Å². The third-order valence-electron chi connectivity index (χ3n) is 9.08. The zero-order valence-corrected chi connectivity index (χ0v) is 18.7. The maximum atomic E-state index is 12.7. The van der Waals surface area contributed by atoms with Crippen LogP contribution in [0.3, 0.4) is 0 Å². The average Bonchev–Trinajstić information content (AvgIpc) is 3.01. The molecule has 30 heavy (non-hydrogen) atoms. The van der Waals surface area contributed by atoms with E-state index in [1.807, 2.05) is 0 Å². The zero-order chi connectivity index (χ0) is 21.5. The van der Waals surface area contributed by atoms with E-state index in [0.29, 0.717) is 49.2 Å². The van der Waals surface area contributed by atoms with E-state index in [4.69, 9.17) is 15.3 Å². The van der Waals surface area contributed by atoms with E-state index >= 15 is 0 Å². The fourth-order valence-electron chi connectivity index (χ4n) is 7.55. The lowest BCUT2D eigenvalue weighted by atomic mass is 9.44. The first kappa shape index (κ1) is 21.8. The molecule has 4 aliphatic carbocycles. The highest BCUT2D eigenvalue weighted by Crippen LogP contribution is 2.66. The quantitative estimate of drug-likeness (QED) is 0.390. The summed E-state index contributed by atoms with van der Waals surface area (Å²) < 4.78 is 5.54. The largest absolute Gasteiger partial charge is 0.466 e. The van der Waals surface area contributed by atoms with Crippen LogP contribution in [0.4, 0.5) is 0 Å². The number of Topliss-reactive ketones (excluding diaryl/α,β-unsaturated/α-hetero) is 1. The molecule has 7 atom stereocenters. The number of hydrogen-bond donors (Lipinski definition) is 2. The smallest absolute Gasteiger partial charge is 0.302 e. The Morgan fingerprint density at radius 2 is 2.03 bits per heavy atom. The summed E-state index contributed by atoms with van der Waals surface area (Å²) in [4.78, 5) is 29.8. The van der Waals surface area contributed by atoms with Crippen LogP contribution >= 0.6 is 0 Å². The maximum Gasteiger partial charge on any atom is 0.302 e. The Balaban J connectivity index is 1.62. The number of ether oxygens (including phenoxy) is 1. The van der Waals surface area contributed by atoms with Crippen LogP contribution in [0.15, 0.2) is 11.8 Å². The number of allylic oxidation sites excluding steroid dienone is 2. The van der Waals surface area contributed by atoms with Gasteiger partial charge >= 0.3 is 5.97 Å². The Morgan fingerprint density at radius 3 is 2.77 bits per heavy atom. The second kappa shape index (κ2) is 8.27. The molecule has 6 nitrogen and oxygen atoms in total. The molecule has 0 spiro atoms. The first-order valence-electron chi connectivity index (χ1n) is 11.7. The second-order valence-electron chi connectivity index (χ2n) is 10.6. The molecular formula is C24H38N2O4. The number of nitrogens with one attached hydrogen (secondary N) is 1. The Kier molecular flexibility index (Phi) is 6.01. The van der Waals surface area contributed by atoms with Crippen molar-refractivity contribution in [2.24, 2.45) is 46.2 Å². The van der Waals surface area contributed by atoms with Gasteiger partial charge in [-0.15, -0.1) is 0 Å². The molecule has 3 N–H and O–H groups in total. The normalized spacial score (nSPS) is 42.6. The summed E-state index contributed by atoms with van der Waals surface area (Å²) in [5.41, 5.74) is 9.80. The number of rotatable bonds is 6. The Bertz CT molecular complexity index is 722. The first-order valence-corrected chi connectivity index (χ1v) is 11.7. The highest BCUT2D eigenvalue weighted by molar-refractivity contribution is 5.87. The molecule has 1 unspecified atom stereocenters. The lowest BCUT2D eigenvalue weighted by molar-refractivity contribution is -0.152. The molecule has 0 aromatic rings. The summed E-state index contributed by atoms with van der Waals surface area (Å²) in [5, 5.41) is 0. The standard InChI is InChI=1S/C24H38N2O4/c1-15(27)29-14-16-12-18-19-4-5-22(28)24(19,3)9-7-20(18)23(2)8-6-17(13-21(16)23)26-30-11-10-25/h13,16,18-21,26H,4-12,14,25H2,1-3H3/t16-,18+,19+,20+,21?,23-,24+/m1/s1. The van der Waals surface area contributed by atoms with Gasteiger partial charge in [-0.05, 0) is 67.6 Å².